The lowest BCUT2D eigenvalue weighted by atomic mass is 9.84. The molecule has 1 aromatic rings. The predicted octanol–water partition coefficient (Wildman–Crippen LogP) is 2.81. The third-order valence-electron chi connectivity index (χ3n) is 2.61. The minimum atomic E-state index is -0.921. The lowest BCUT2D eigenvalue weighted by Gasteiger charge is -2.20. The molecule has 0 unspecified atom stereocenters. The fraction of sp³-hybridized carbons (Fsp3) is 0.455. The predicted molar refractivity (Wildman–Crippen MR) is 64.9 cm³/mol. The number of phenolic OH excluding ortho intramolecular Hbond substituents is 1. The van der Waals surface area contributed by atoms with E-state index in [4.69, 9.17) is 0 Å². The van der Waals surface area contributed by atoms with Gasteiger partial charge in [0.2, 0.25) is 5.75 Å². The third kappa shape index (κ3) is 2.24. The zero-order valence-electron chi connectivity index (χ0n) is 10.6. The summed E-state index contributed by atoms with van der Waals surface area (Å²) in [7, 11) is 0. The van der Waals surface area contributed by atoms with E-state index in [9.17, 15) is 25.3 Å². The summed E-state index contributed by atoms with van der Waals surface area (Å²) in [5.41, 5.74) is -1.57. The van der Waals surface area contributed by atoms with Crippen molar-refractivity contribution in [3.05, 3.63) is 37.4 Å². The fourth-order valence-corrected chi connectivity index (χ4v) is 1.75. The van der Waals surface area contributed by atoms with Crippen LogP contribution in [0.15, 0.2) is 6.07 Å². The van der Waals surface area contributed by atoms with Gasteiger partial charge in [-0.05, 0) is 18.4 Å². The highest BCUT2D eigenvalue weighted by Crippen LogP contribution is 2.44. The van der Waals surface area contributed by atoms with Crippen LogP contribution in [0, 0.1) is 27.2 Å². The second-order valence-electron chi connectivity index (χ2n) is 5.05. The molecule has 0 aromatic heterocycles. The molecule has 1 N–H and O–H groups in total. The molecular weight excluding hydrogens is 240 g/mol. The Hall–Kier alpha value is -2.18. The maximum atomic E-state index is 10.9. The van der Waals surface area contributed by atoms with E-state index in [1.807, 2.05) is 0 Å². The van der Waals surface area contributed by atoms with Crippen molar-refractivity contribution in [2.75, 3.05) is 0 Å². The number of aromatic hydroxyl groups is 1. The van der Waals surface area contributed by atoms with Crippen LogP contribution in [-0.2, 0) is 5.41 Å². The van der Waals surface area contributed by atoms with Crippen molar-refractivity contribution in [2.45, 2.75) is 33.1 Å². The molecule has 18 heavy (non-hydrogen) atoms. The lowest BCUT2D eigenvalue weighted by Crippen LogP contribution is -2.13. The number of hydrogen-bond donors (Lipinski definition) is 1. The Labute approximate surface area is 103 Å². The molecule has 0 spiro atoms. The molecule has 0 bridgehead atoms. The highest BCUT2D eigenvalue weighted by Gasteiger charge is 2.36. The first-order valence-corrected chi connectivity index (χ1v) is 5.23. The van der Waals surface area contributed by atoms with Crippen LogP contribution in [0.4, 0.5) is 11.4 Å². The van der Waals surface area contributed by atoms with Crippen molar-refractivity contribution >= 4 is 11.4 Å². The number of nitro groups is 2. The van der Waals surface area contributed by atoms with Gasteiger partial charge < -0.3 is 5.11 Å². The quantitative estimate of drug-likeness (QED) is 0.645. The van der Waals surface area contributed by atoms with Gasteiger partial charge in [0.15, 0.2) is 0 Å². The van der Waals surface area contributed by atoms with Gasteiger partial charge in [-0.1, -0.05) is 20.8 Å². The third-order valence-corrected chi connectivity index (χ3v) is 2.61. The summed E-state index contributed by atoms with van der Waals surface area (Å²) in [4.78, 5) is 20.0. The summed E-state index contributed by atoms with van der Waals surface area (Å²) in [6.07, 6.45) is 0. The van der Waals surface area contributed by atoms with Gasteiger partial charge in [-0.25, -0.2) is 0 Å². The highest BCUT2D eigenvalue weighted by atomic mass is 16.6. The van der Waals surface area contributed by atoms with E-state index < -0.39 is 32.4 Å². The van der Waals surface area contributed by atoms with Crippen LogP contribution in [-0.4, -0.2) is 15.0 Å². The SMILES string of the molecule is Cc1cc(C(C)(C)C)c(O)c([N+](=O)[O-])c1[N+](=O)[O-]. The first-order valence-electron chi connectivity index (χ1n) is 5.23. The Morgan fingerprint density at radius 3 is 1.89 bits per heavy atom. The normalized spacial score (nSPS) is 11.3. The number of aryl methyl sites for hydroxylation is 1. The average Bonchev–Trinajstić information content (AvgIpc) is 2.17. The summed E-state index contributed by atoms with van der Waals surface area (Å²) < 4.78 is 0. The van der Waals surface area contributed by atoms with Gasteiger partial charge >= 0.3 is 11.4 Å². The van der Waals surface area contributed by atoms with Crippen molar-refractivity contribution in [1.29, 1.82) is 0 Å². The Balaban J connectivity index is 3.78. The molecule has 1 aromatic carbocycles. The Kier molecular flexibility index (Phi) is 3.27. The van der Waals surface area contributed by atoms with Gasteiger partial charge in [0.05, 0.1) is 9.85 Å². The van der Waals surface area contributed by atoms with Crippen molar-refractivity contribution < 1.29 is 15.0 Å². The molecule has 7 heteroatoms. The van der Waals surface area contributed by atoms with Crippen molar-refractivity contribution in [1.82, 2.24) is 0 Å². The monoisotopic (exact) mass is 254 g/mol. The number of rotatable bonds is 2. The van der Waals surface area contributed by atoms with Crippen LogP contribution in [0.3, 0.4) is 0 Å². The van der Waals surface area contributed by atoms with Gasteiger partial charge in [-0.3, -0.25) is 20.2 Å². The Bertz CT molecular complexity index is 531. The van der Waals surface area contributed by atoms with Gasteiger partial charge in [-0.15, -0.1) is 0 Å². The smallest absolute Gasteiger partial charge is 0.387 e. The summed E-state index contributed by atoms with van der Waals surface area (Å²) in [5.74, 6) is -0.634. The second kappa shape index (κ2) is 4.25. The van der Waals surface area contributed by atoms with Crippen LogP contribution < -0.4 is 0 Å². The number of benzene rings is 1. The molecule has 0 heterocycles. The Morgan fingerprint density at radius 1 is 1.11 bits per heavy atom. The zero-order chi connectivity index (χ0) is 14.2. The minimum absolute atomic E-state index is 0.162. The summed E-state index contributed by atoms with van der Waals surface area (Å²) in [6.45, 7) is 6.70. The summed E-state index contributed by atoms with van der Waals surface area (Å²) in [6, 6.07) is 1.42. The minimum Gasteiger partial charge on any atom is -0.502 e. The molecule has 7 nitrogen and oxygen atoms in total. The molecule has 0 aliphatic heterocycles. The molecule has 0 amide bonds. The van der Waals surface area contributed by atoms with Crippen LogP contribution in [0.1, 0.15) is 31.9 Å². The van der Waals surface area contributed by atoms with Crippen LogP contribution in [0.5, 0.6) is 5.75 Å². The molecule has 1 rings (SSSR count). The van der Waals surface area contributed by atoms with Crippen molar-refractivity contribution in [3.63, 3.8) is 0 Å². The van der Waals surface area contributed by atoms with Gasteiger partial charge in [0.1, 0.15) is 0 Å². The van der Waals surface area contributed by atoms with E-state index in [0.717, 1.165) is 0 Å². The van der Waals surface area contributed by atoms with Crippen LogP contribution >= 0.6 is 0 Å². The number of nitrogens with zero attached hydrogens (tertiary/aromatic N) is 2. The van der Waals surface area contributed by atoms with Gasteiger partial charge in [-0.2, -0.15) is 0 Å². The lowest BCUT2D eigenvalue weighted by molar-refractivity contribution is -0.423. The molecule has 0 aliphatic carbocycles. The summed E-state index contributed by atoms with van der Waals surface area (Å²) >= 11 is 0. The molecule has 0 fully saturated rings. The van der Waals surface area contributed by atoms with E-state index in [-0.39, 0.29) is 5.56 Å². The molecule has 98 valence electrons. The van der Waals surface area contributed by atoms with E-state index >= 15 is 0 Å². The van der Waals surface area contributed by atoms with Crippen molar-refractivity contribution in [3.8, 4) is 5.75 Å². The standard InChI is InChI=1S/C11H14N2O5/c1-6-5-7(11(2,3)4)10(14)9(13(17)18)8(6)12(15)16/h5,14H,1-4H3. The Morgan fingerprint density at radius 2 is 1.56 bits per heavy atom. The molecule has 0 radical (unpaired) electrons. The van der Waals surface area contributed by atoms with E-state index in [1.165, 1.54) is 13.0 Å². The van der Waals surface area contributed by atoms with Crippen LogP contribution in [0.25, 0.3) is 0 Å². The fourth-order valence-electron chi connectivity index (χ4n) is 1.75. The maximum Gasteiger partial charge on any atom is 0.387 e. The largest absolute Gasteiger partial charge is 0.502 e. The zero-order valence-corrected chi connectivity index (χ0v) is 10.6. The first kappa shape index (κ1) is 13.9. The van der Waals surface area contributed by atoms with E-state index in [1.54, 1.807) is 20.8 Å². The average molecular weight is 254 g/mol. The van der Waals surface area contributed by atoms with Gasteiger partial charge in [0.25, 0.3) is 0 Å². The number of nitro benzene ring substituents is 2. The topological polar surface area (TPSA) is 107 Å². The molecule has 0 saturated heterocycles. The maximum absolute atomic E-state index is 10.9. The number of phenols is 1. The molecule has 0 atom stereocenters. The van der Waals surface area contributed by atoms with E-state index in [0.29, 0.717) is 5.56 Å². The van der Waals surface area contributed by atoms with Gasteiger partial charge in [0, 0.05) is 11.1 Å². The number of hydrogen-bond acceptors (Lipinski definition) is 5. The van der Waals surface area contributed by atoms with Crippen molar-refractivity contribution in [2.24, 2.45) is 0 Å². The van der Waals surface area contributed by atoms with E-state index in [2.05, 4.69) is 0 Å². The molecular formula is C11H14N2O5. The highest BCUT2D eigenvalue weighted by molar-refractivity contribution is 5.68. The molecule has 0 saturated carbocycles. The summed E-state index contributed by atoms with van der Waals surface area (Å²) in [5, 5.41) is 31.7. The second-order valence-corrected chi connectivity index (χ2v) is 5.05. The molecule has 0 aliphatic rings. The van der Waals surface area contributed by atoms with Crippen LogP contribution in [0.2, 0.25) is 0 Å². The first-order chi connectivity index (χ1) is 8.07.